The molecule has 0 aliphatic rings. The van der Waals surface area contributed by atoms with Crippen LogP contribution < -0.4 is 4.74 Å². The molecule has 1 aromatic rings. The fraction of sp³-hybridized carbons (Fsp3) is 0.385. The maximum Gasteiger partial charge on any atom is 0.302 e. The van der Waals surface area contributed by atoms with Gasteiger partial charge in [0.25, 0.3) is 0 Å². The van der Waals surface area contributed by atoms with Gasteiger partial charge in [-0.15, -0.1) is 0 Å². The normalized spacial score (nSPS) is 9.83. The summed E-state index contributed by atoms with van der Waals surface area (Å²) in [6.07, 6.45) is 0.780. The summed E-state index contributed by atoms with van der Waals surface area (Å²) < 4.78 is 15.3. The lowest BCUT2D eigenvalue weighted by atomic mass is 10.2. The zero-order valence-electron chi connectivity index (χ0n) is 10.3. The van der Waals surface area contributed by atoms with Gasteiger partial charge in [-0.25, -0.2) is 0 Å². The van der Waals surface area contributed by atoms with Crippen LogP contribution in [0.5, 0.6) is 5.75 Å². The summed E-state index contributed by atoms with van der Waals surface area (Å²) in [5, 5.41) is 0. The Balaban J connectivity index is 2.06. The zero-order chi connectivity index (χ0) is 13.2. The number of rotatable bonds is 8. The highest BCUT2D eigenvalue weighted by Crippen LogP contribution is 2.10. The van der Waals surface area contributed by atoms with E-state index in [1.165, 1.54) is 6.92 Å². The maximum atomic E-state index is 10.4. The minimum Gasteiger partial charge on any atom is -0.491 e. The Morgan fingerprint density at radius 1 is 1.11 bits per heavy atom. The molecule has 0 amide bonds. The topological polar surface area (TPSA) is 61.8 Å². The van der Waals surface area contributed by atoms with Gasteiger partial charge in [0.1, 0.15) is 25.2 Å². The second-order valence-corrected chi connectivity index (χ2v) is 3.49. The molecule has 0 saturated carbocycles. The molecule has 5 heteroatoms. The van der Waals surface area contributed by atoms with Crippen LogP contribution in [0.4, 0.5) is 0 Å². The van der Waals surface area contributed by atoms with E-state index in [1.807, 2.05) is 0 Å². The number of ether oxygens (including phenoxy) is 3. The van der Waals surface area contributed by atoms with E-state index in [9.17, 15) is 9.59 Å². The molecule has 0 atom stereocenters. The molecular formula is C13H16O5. The summed E-state index contributed by atoms with van der Waals surface area (Å²) in [5.74, 6) is 0.370. The van der Waals surface area contributed by atoms with E-state index in [0.717, 1.165) is 6.29 Å². The van der Waals surface area contributed by atoms with Crippen molar-refractivity contribution in [1.29, 1.82) is 0 Å². The van der Waals surface area contributed by atoms with Gasteiger partial charge in [-0.1, -0.05) is 0 Å². The van der Waals surface area contributed by atoms with Crippen LogP contribution in [-0.4, -0.2) is 38.7 Å². The molecule has 0 radical (unpaired) electrons. The van der Waals surface area contributed by atoms with Gasteiger partial charge < -0.3 is 14.2 Å². The Morgan fingerprint density at radius 3 is 2.39 bits per heavy atom. The summed E-state index contributed by atoms with van der Waals surface area (Å²) >= 11 is 0. The van der Waals surface area contributed by atoms with Crippen LogP contribution >= 0.6 is 0 Å². The Hall–Kier alpha value is -1.88. The summed E-state index contributed by atoms with van der Waals surface area (Å²) in [6, 6.07) is 6.82. The standard InChI is InChI=1S/C13H16O5/c1-11(15)17-8-6-16-7-9-18-13-4-2-12(10-14)3-5-13/h2-5,10H,6-9H2,1H3. The smallest absolute Gasteiger partial charge is 0.302 e. The van der Waals surface area contributed by atoms with Gasteiger partial charge >= 0.3 is 5.97 Å². The Bertz CT molecular complexity index is 371. The third kappa shape index (κ3) is 6.00. The van der Waals surface area contributed by atoms with Crippen LogP contribution in [-0.2, 0) is 14.3 Å². The van der Waals surface area contributed by atoms with E-state index in [1.54, 1.807) is 24.3 Å². The molecule has 0 bridgehead atoms. The number of hydrogen-bond acceptors (Lipinski definition) is 5. The average Bonchev–Trinajstić information content (AvgIpc) is 2.38. The Morgan fingerprint density at radius 2 is 1.78 bits per heavy atom. The zero-order valence-corrected chi connectivity index (χ0v) is 10.3. The number of carbonyl (C=O) groups is 2. The van der Waals surface area contributed by atoms with Crippen LogP contribution in [0, 0.1) is 0 Å². The number of benzene rings is 1. The molecule has 0 unspecified atom stereocenters. The fourth-order valence-electron chi connectivity index (χ4n) is 1.21. The van der Waals surface area contributed by atoms with Gasteiger partial charge in [0.2, 0.25) is 0 Å². The second kappa shape index (κ2) is 8.25. The molecule has 1 rings (SSSR count). The molecule has 1 aromatic carbocycles. The first-order valence-corrected chi connectivity index (χ1v) is 5.61. The van der Waals surface area contributed by atoms with E-state index in [4.69, 9.17) is 14.2 Å². The van der Waals surface area contributed by atoms with Crippen molar-refractivity contribution < 1.29 is 23.8 Å². The first-order valence-electron chi connectivity index (χ1n) is 5.61. The minimum atomic E-state index is -0.315. The van der Waals surface area contributed by atoms with Gasteiger partial charge in [-0.3, -0.25) is 9.59 Å². The summed E-state index contributed by atoms with van der Waals surface area (Å²) in [7, 11) is 0. The lowest BCUT2D eigenvalue weighted by Crippen LogP contribution is -2.12. The third-order valence-electron chi connectivity index (χ3n) is 2.05. The highest BCUT2D eigenvalue weighted by Gasteiger charge is 1.96. The lowest BCUT2D eigenvalue weighted by Gasteiger charge is -2.07. The molecule has 0 saturated heterocycles. The van der Waals surface area contributed by atoms with Crippen molar-refractivity contribution in [3.63, 3.8) is 0 Å². The first kappa shape index (κ1) is 14.2. The predicted octanol–water partition coefficient (Wildman–Crippen LogP) is 1.46. The quantitative estimate of drug-likeness (QED) is 0.398. The van der Waals surface area contributed by atoms with Gasteiger partial charge in [-0.05, 0) is 24.3 Å². The summed E-state index contributed by atoms with van der Waals surface area (Å²) in [4.78, 5) is 20.9. The number of aldehydes is 1. The van der Waals surface area contributed by atoms with Crippen molar-refractivity contribution in [2.24, 2.45) is 0 Å². The van der Waals surface area contributed by atoms with Gasteiger partial charge in [-0.2, -0.15) is 0 Å². The van der Waals surface area contributed by atoms with E-state index in [-0.39, 0.29) is 12.6 Å². The first-order chi connectivity index (χ1) is 8.72. The second-order valence-electron chi connectivity index (χ2n) is 3.49. The monoisotopic (exact) mass is 252 g/mol. The van der Waals surface area contributed by atoms with Crippen LogP contribution in [0.1, 0.15) is 17.3 Å². The lowest BCUT2D eigenvalue weighted by molar-refractivity contribution is -0.142. The largest absolute Gasteiger partial charge is 0.491 e. The van der Waals surface area contributed by atoms with Crippen LogP contribution in [0.15, 0.2) is 24.3 Å². The molecule has 0 N–H and O–H groups in total. The van der Waals surface area contributed by atoms with Gasteiger partial charge in [0, 0.05) is 12.5 Å². The van der Waals surface area contributed by atoms with Crippen LogP contribution in [0.3, 0.4) is 0 Å². The van der Waals surface area contributed by atoms with Crippen LogP contribution in [0.25, 0.3) is 0 Å². The van der Waals surface area contributed by atoms with Crippen molar-refractivity contribution in [2.45, 2.75) is 6.92 Å². The minimum absolute atomic E-state index is 0.253. The molecule has 0 spiro atoms. The summed E-state index contributed by atoms with van der Waals surface area (Å²) in [6.45, 7) is 2.78. The Kier molecular flexibility index (Phi) is 6.50. The fourth-order valence-corrected chi connectivity index (χ4v) is 1.21. The number of hydrogen-bond donors (Lipinski definition) is 0. The molecule has 0 aliphatic heterocycles. The maximum absolute atomic E-state index is 10.4. The van der Waals surface area contributed by atoms with E-state index in [0.29, 0.717) is 31.1 Å². The Labute approximate surface area is 106 Å². The molecule has 0 aromatic heterocycles. The predicted molar refractivity (Wildman–Crippen MR) is 64.8 cm³/mol. The molecule has 98 valence electrons. The van der Waals surface area contributed by atoms with Gasteiger partial charge in [0.05, 0.1) is 13.2 Å². The molecular weight excluding hydrogens is 236 g/mol. The van der Waals surface area contributed by atoms with Crippen molar-refractivity contribution >= 4 is 12.3 Å². The number of esters is 1. The molecule has 0 aliphatic carbocycles. The summed E-state index contributed by atoms with van der Waals surface area (Å²) in [5.41, 5.74) is 0.611. The van der Waals surface area contributed by atoms with E-state index in [2.05, 4.69) is 0 Å². The van der Waals surface area contributed by atoms with E-state index < -0.39 is 0 Å². The average molecular weight is 252 g/mol. The molecule has 18 heavy (non-hydrogen) atoms. The number of carbonyl (C=O) groups excluding carboxylic acids is 2. The molecule has 0 fully saturated rings. The SMILES string of the molecule is CC(=O)OCCOCCOc1ccc(C=O)cc1. The van der Waals surface area contributed by atoms with Gasteiger partial charge in [0.15, 0.2) is 0 Å². The van der Waals surface area contributed by atoms with Crippen molar-refractivity contribution in [3.8, 4) is 5.75 Å². The molecule has 5 nitrogen and oxygen atoms in total. The third-order valence-corrected chi connectivity index (χ3v) is 2.05. The van der Waals surface area contributed by atoms with E-state index >= 15 is 0 Å². The highest BCUT2D eigenvalue weighted by molar-refractivity contribution is 5.74. The van der Waals surface area contributed by atoms with Crippen molar-refractivity contribution in [1.82, 2.24) is 0 Å². The van der Waals surface area contributed by atoms with Crippen LogP contribution in [0.2, 0.25) is 0 Å². The molecule has 0 heterocycles. The van der Waals surface area contributed by atoms with Crippen molar-refractivity contribution in [2.75, 3.05) is 26.4 Å². The van der Waals surface area contributed by atoms with Crippen molar-refractivity contribution in [3.05, 3.63) is 29.8 Å². The highest BCUT2D eigenvalue weighted by atomic mass is 16.6.